The lowest BCUT2D eigenvalue weighted by molar-refractivity contribution is -0.163. The summed E-state index contributed by atoms with van der Waals surface area (Å²) in [4.78, 5) is 6.90. The molecule has 10 heteroatoms. The van der Waals surface area contributed by atoms with Gasteiger partial charge in [0.15, 0.2) is 5.76 Å². The topological polar surface area (TPSA) is 136 Å². The Bertz CT molecular complexity index is 2230. The Hall–Kier alpha value is -5.23. The average Bonchev–Trinajstić information content (AvgIpc) is 3.51. The van der Waals surface area contributed by atoms with Gasteiger partial charge in [0.05, 0.1) is 19.9 Å². The first kappa shape index (κ1) is 40.9. The molecule has 1 atom stereocenters. The minimum Gasteiger partial charge on any atom is -0.403 e. The minimum absolute atomic E-state index is 0.0534. The van der Waals surface area contributed by atoms with E-state index in [1.54, 1.807) is 6.21 Å². The molecule has 0 saturated carbocycles. The third-order valence-electron chi connectivity index (χ3n) is 10.5. The second kappa shape index (κ2) is 15.5. The second-order valence-corrected chi connectivity index (χ2v) is 22.9. The zero-order chi connectivity index (χ0) is 40.5. The highest BCUT2D eigenvalue weighted by molar-refractivity contribution is 6.93. The summed E-state index contributed by atoms with van der Waals surface area (Å²) in [5, 5.41) is 34.9. The molecule has 3 aliphatic rings. The van der Waals surface area contributed by atoms with Crippen LogP contribution in [-0.2, 0) is 11.4 Å². The lowest BCUT2D eigenvalue weighted by atomic mass is 9.92. The van der Waals surface area contributed by atoms with Crippen LogP contribution in [0.2, 0.25) is 18.1 Å². The van der Waals surface area contributed by atoms with Gasteiger partial charge in [-0.05, 0) is 104 Å². The molecule has 55 heavy (non-hydrogen) atoms. The summed E-state index contributed by atoms with van der Waals surface area (Å²) in [7, 11) is -2.37. The Morgan fingerprint density at radius 2 is 1.51 bits per heavy atom. The van der Waals surface area contributed by atoms with Crippen molar-refractivity contribution in [3.63, 3.8) is 0 Å². The van der Waals surface area contributed by atoms with E-state index in [1.165, 1.54) is 10.2 Å². The van der Waals surface area contributed by atoms with Crippen LogP contribution in [0.1, 0.15) is 102 Å². The first-order chi connectivity index (χ1) is 25.6. The van der Waals surface area contributed by atoms with E-state index < -0.39 is 25.2 Å². The van der Waals surface area contributed by atoms with E-state index in [0.29, 0.717) is 17.9 Å². The van der Waals surface area contributed by atoms with Crippen molar-refractivity contribution < 1.29 is 10.0 Å². The Kier molecular flexibility index (Phi) is 11.5. The summed E-state index contributed by atoms with van der Waals surface area (Å²) in [5.41, 5.74) is 17.8. The number of guanidine groups is 1. The molecule has 0 fully saturated rings. The van der Waals surface area contributed by atoms with Crippen molar-refractivity contribution in [2.45, 2.75) is 104 Å². The Balaban J connectivity index is 1.73. The number of benzene rings is 2. The quantitative estimate of drug-likeness (QED) is 0.0566. The van der Waals surface area contributed by atoms with E-state index in [9.17, 15) is 10.5 Å². The van der Waals surface area contributed by atoms with Crippen molar-refractivity contribution in [3.8, 4) is 29.0 Å². The normalized spacial score (nSPS) is 15.6. The van der Waals surface area contributed by atoms with Crippen LogP contribution < -0.4 is 16.7 Å². The molecular formula is C45H55N7O2Si. The number of nitrogens with two attached hydrogens (primary N) is 2. The van der Waals surface area contributed by atoms with Crippen LogP contribution in [0.25, 0.3) is 16.9 Å². The summed E-state index contributed by atoms with van der Waals surface area (Å²) < 4.78 is 0. The Labute approximate surface area is 328 Å². The first-order valence-electron chi connectivity index (χ1n) is 18.6. The van der Waals surface area contributed by atoms with E-state index in [4.69, 9.17) is 16.3 Å². The molecule has 0 bridgehead atoms. The molecule has 0 amide bonds. The van der Waals surface area contributed by atoms with Crippen LogP contribution in [0.4, 0.5) is 0 Å². The number of hydrogen-bond acceptors (Lipinski definition) is 7. The first-order valence-corrected chi connectivity index (χ1v) is 21.6. The van der Waals surface area contributed by atoms with Crippen molar-refractivity contribution >= 4 is 31.2 Å². The SMILES string of the molecule is CC(C)(C)N(O)Cc1c2cccccc-2c(C2C(C#N)=C(c3cccc(C#Cc4cccc(/C=N/N=C(N)N)c4)c3)ON2C(C)(C)C)c1[Si](C)(C)C(C)(C)C. The van der Waals surface area contributed by atoms with Gasteiger partial charge in [-0.15, -0.1) is 10.2 Å². The molecule has 1 heterocycles. The standard InChI is InChI=1S/C45H55N7O2Si/c1-43(2,3)51(53)29-37-34-21-13-12-14-22-35(34)38(41(37)55(10,11)45(7,8)9)39-36(27-46)40(54-52(39)44(4,5)6)33-20-16-18-31(26-33)24-23-30-17-15-19-32(25-30)28-49-50-42(47)48/h12-22,25-26,28,39,53H,29H2,1-11H3,(H4,47,48,50)/b49-28+. The van der Waals surface area contributed by atoms with E-state index in [2.05, 4.69) is 107 Å². The summed E-state index contributed by atoms with van der Waals surface area (Å²) in [6.07, 6.45) is 1.57. The number of hydrogen-bond donors (Lipinski definition) is 3. The van der Waals surface area contributed by atoms with Crippen LogP contribution in [0.3, 0.4) is 0 Å². The van der Waals surface area contributed by atoms with Crippen LogP contribution in [0, 0.1) is 23.2 Å². The average molecular weight is 754 g/mol. The maximum absolute atomic E-state index is 11.5. The second-order valence-electron chi connectivity index (χ2n) is 17.7. The highest BCUT2D eigenvalue weighted by Crippen LogP contribution is 2.51. The fraction of sp³-hybridized carbons (Fsp3) is 0.356. The maximum Gasteiger partial charge on any atom is 0.211 e. The number of rotatable bonds is 7. The number of nitrogens with zero attached hydrogens (tertiary/aromatic N) is 5. The zero-order valence-electron chi connectivity index (χ0n) is 34.1. The summed E-state index contributed by atoms with van der Waals surface area (Å²) in [6.45, 7) is 24.5. The minimum atomic E-state index is -2.37. The molecule has 1 unspecified atom stereocenters. The maximum atomic E-state index is 11.5. The molecule has 2 aromatic rings. The predicted octanol–water partition coefficient (Wildman–Crippen LogP) is 8.53. The number of nitriles is 1. The summed E-state index contributed by atoms with van der Waals surface area (Å²) >= 11 is 0. The molecule has 1 aliphatic heterocycles. The van der Waals surface area contributed by atoms with Gasteiger partial charge in [0.25, 0.3) is 0 Å². The third kappa shape index (κ3) is 8.69. The predicted molar refractivity (Wildman–Crippen MR) is 227 cm³/mol. The fourth-order valence-corrected chi connectivity index (χ4v) is 9.35. The molecule has 2 aromatic carbocycles. The highest BCUT2D eigenvalue weighted by atomic mass is 28.3. The molecule has 5 rings (SSSR count). The molecule has 0 saturated heterocycles. The van der Waals surface area contributed by atoms with E-state index in [0.717, 1.165) is 44.5 Å². The van der Waals surface area contributed by atoms with Gasteiger partial charge < -0.3 is 21.5 Å². The van der Waals surface area contributed by atoms with Gasteiger partial charge in [-0.3, -0.25) is 0 Å². The third-order valence-corrected chi connectivity index (χ3v) is 16.1. The van der Waals surface area contributed by atoms with Crippen molar-refractivity contribution in [1.29, 1.82) is 5.26 Å². The van der Waals surface area contributed by atoms with Crippen LogP contribution in [0.15, 0.2) is 94.6 Å². The van der Waals surface area contributed by atoms with Gasteiger partial charge in [0.1, 0.15) is 12.1 Å². The van der Waals surface area contributed by atoms with E-state index in [-0.39, 0.29) is 11.0 Å². The van der Waals surface area contributed by atoms with Crippen LogP contribution in [0.5, 0.6) is 0 Å². The van der Waals surface area contributed by atoms with Crippen molar-refractivity contribution in [1.82, 2.24) is 10.1 Å². The lowest BCUT2D eigenvalue weighted by Gasteiger charge is -2.42. The van der Waals surface area contributed by atoms with Gasteiger partial charge in [0.2, 0.25) is 5.96 Å². The van der Waals surface area contributed by atoms with E-state index >= 15 is 0 Å². The van der Waals surface area contributed by atoms with Crippen LogP contribution in [-0.4, -0.2) is 46.7 Å². The van der Waals surface area contributed by atoms with Gasteiger partial charge >= 0.3 is 0 Å². The summed E-state index contributed by atoms with van der Waals surface area (Å²) in [5.74, 6) is 6.94. The van der Waals surface area contributed by atoms with Crippen molar-refractivity contribution in [2.24, 2.45) is 21.7 Å². The van der Waals surface area contributed by atoms with Crippen molar-refractivity contribution in [3.05, 3.63) is 118 Å². The Morgan fingerprint density at radius 1 is 0.891 bits per heavy atom. The van der Waals surface area contributed by atoms with E-state index in [1.807, 2.05) is 80.4 Å². The monoisotopic (exact) mass is 753 g/mol. The van der Waals surface area contributed by atoms with Gasteiger partial charge in [0, 0.05) is 34.3 Å². The van der Waals surface area contributed by atoms with Crippen LogP contribution >= 0.6 is 0 Å². The molecule has 0 radical (unpaired) electrons. The molecular weight excluding hydrogens is 699 g/mol. The highest BCUT2D eigenvalue weighted by Gasteiger charge is 2.50. The molecule has 5 N–H and O–H groups in total. The fourth-order valence-electron chi connectivity index (χ4n) is 6.69. The summed E-state index contributed by atoms with van der Waals surface area (Å²) in [6, 6.07) is 28.0. The molecule has 0 aromatic heterocycles. The zero-order valence-corrected chi connectivity index (χ0v) is 35.1. The molecule has 9 nitrogen and oxygen atoms in total. The smallest absolute Gasteiger partial charge is 0.211 e. The lowest BCUT2D eigenvalue weighted by Crippen LogP contribution is -2.54. The molecule has 2 aliphatic carbocycles. The van der Waals surface area contributed by atoms with Crippen molar-refractivity contribution in [2.75, 3.05) is 0 Å². The largest absolute Gasteiger partial charge is 0.403 e. The Morgan fingerprint density at radius 3 is 2.09 bits per heavy atom. The number of hydroxylamine groups is 4. The number of fused-ring (bicyclic) bond motifs is 1. The van der Waals surface area contributed by atoms with Gasteiger partial charge in [-0.2, -0.15) is 15.4 Å². The molecule has 0 spiro atoms. The van der Waals surface area contributed by atoms with Gasteiger partial charge in [-0.1, -0.05) is 100 Å². The molecule has 286 valence electrons. The van der Waals surface area contributed by atoms with Gasteiger partial charge in [-0.25, -0.2) is 0 Å².